The first-order valence-electron chi connectivity index (χ1n) is 8.57. The molecule has 0 radical (unpaired) electrons. The molecule has 2 aromatic rings. The van der Waals surface area contributed by atoms with Gasteiger partial charge in [-0.3, -0.25) is 0 Å². The number of ether oxygens (including phenoxy) is 3. The summed E-state index contributed by atoms with van der Waals surface area (Å²) in [6.07, 6.45) is 1.08. The number of hydrogen-bond donors (Lipinski definition) is 1. The Hall–Kier alpha value is -1.88. The first-order chi connectivity index (χ1) is 11.9. The van der Waals surface area contributed by atoms with E-state index in [4.69, 9.17) is 14.2 Å². The Morgan fingerprint density at radius 2 is 1.58 bits per heavy atom. The molecular weight excluding hydrogens is 302 g/mol. The van der Waals surface area contributed by atoms with Gasteiger partial charge in [-0.25, -0.2) is 0 Å². The lowest BCUT2D eigenvalue weighted by atomic mass is 10.1. The summed E-state index contributed by atoms with van der Waals surface area (Å²) in [6, 6.07) is 18.4. The van der Waals surface area contributed by atoms with E-state index in [2.05, 4.69) is 23.5 Å². The molecule has 2 rings (SSSR count). The Morgan fingerprint density at radius 1 is 0.792 bits per heavy atom. The Morgan fingerprint density at radius 3 is 2.42 bits per heavy atom. The van der Waals surface area contributed by atoms with Gasteiger partial charge in [-0.1, -0.05) is 48.5 Å². The lowest BCUT2D eigenvalue weighted by Gasteiger charge is -2.11. The zero-order valence-electron chi connectivity index (χ0n) is 14.4. The minimum atomic E-state index is 0.563. The van der Waals surface area contributed by atoms with E-state index in [-0.39, 0.29) is 0 Å². The van der Waals surface area contributed by atoms with Crippen LogP contribution in [0.2, 0.25) is 0 Å². The van der Waals surface area contributed by atoms with Crippen LogP contribution < -0.4 is 10.1 Å². The summed E-state index contributed by atoms with van der Waals surface area (Å²) in [7, 11) is 1.74. The highest BCUT2D eigenvalue weighted by molar-refractivity contribution is 5.70. The molecule has 24 heavy (non-hydrogen) atoms. The molecule has 0 fully saturated rings. The van der Waals surface area contributed by atoms with Gasteiger partial charge in [0.25, 0.3) is 0 Å². The topological polar surface area (TPSA) is 44.3 Å². The number of rotatable bonds is 12. The van der Waals surface area contributed by atoms with Crippen molar-refractivity contribution in [3.63, 3.8) is 0 Å². The number of quaternary nitrogens is 1. The van der Waals surface area contributed by atoms with Crippen molar-refractivity contribution in [1.29, 1.82) is 0 Å². The molecule has 4 nitrogen and oxygen atoms in total. The third-order valence-electron chi connectivity index (χ3n) is 3.68. The number of hydrogen-bond acceptors (Lipinski definition) is 3. The molecule has 130 valence electrons. The summed E-state index contributed by atoms with van der Waals surface area (Å²) >= 11 is 0. The maximum atomic E-state index is 5.90. The van der Waals surface area contributed by atoms with Crippen molar-refractivity contribution in [3.8, 4) is 16.9 Å². The van der Waals surface area contributed by atoms with Crippen LogP contribution in [0.1, 0.15) is 6.42 Å². The van der Waals surface area contributed by atoms with Gasteiger partial charge in [0.05, 0.1) is 32.9 Å². The minimum absolute atomic E-state index is 0.563. The van der Waals surface area contributed by atoms with Crippen molar-refractivity contribution in [2.45, 2.75) is 6.42 Å². The minimum Gasteiger partial charge on any atom is -0.491 e. The summed E-state index contributed by atoms with van der Waals surface area (Å²) in [4.78, 5) is 0. The highest BCUT2D eigenvalue weighted by Gasteiger charge is 2.05. The molecule has 0 aliphatic rings. The number of benzene rings is 2. The monoisotopic (exact) mass is 330 g/mol. The van der Waals surface area contributed by atoms with Gasteiger partial charge in [0.1, 0.15) is 12.4 Å². The van der Waals surface area contributed by atoms with Crippen LogP contribution in [0.5, 0.6) is 5.75 Å². The van der Waals surface area contributed by atoms with Crippen molar-refractivity contribution < 1.29 is 19.5 Å². The lowest BCUT2D eigenvalue weighted by molar-refractivity contribution is -0.656. The zero-order chi connectivity index (χ0) is 16.9. The fraction of sp³-hybridized carbons (Fsp3) is 0.400. The molecule has 0 heterocycles. The van der Waals surface area contributed by atoms with E-state index in [0.29, 0.717) is 13.2 Å². The van der Waals surface area contributed by atoms with Gasteiger partial charge < -0.3 is 19.5 Å². The Kier molecular flexibility index (Phi) is 8.94. The quantitative estimate of drug-likeness (QED) is 0.608. The van der Waals surface area contributed by atoms with Crippen molar-refractivity contribution >= 4 is 0 Å². The van der Waals surface area contributed by atoms with Crippen molar-refractivity contribution in [1.82, 2.24) is 0 Å². The second-order valence-corrected chi connectivity index (χ2v) is 5.54. The smallest absolute Gasteiger partial charge is 0.127 e. The van der Waals surface area contributed by atoms with E-state index in [1.807, 2.05) is 36.4 Å². The SMILES string of the molecule is COCCC[NH2+]CCOCCOc1ccccc1-c1ccccc1. The van der Waals surface area contributed by atoms with Gasteiger partial charge in [-0.15, -0.1) is 0 Å². The van der Waals surface area contributed by atoms with Gasteiger partial charge in [0.15, 0.2) is 0 Å². The van der Waals surface area contributed by atoms with Crippen LogP contribution >= 0.6 is 0 Å². The summed E-state index contributed by atoms with van der Waals surface area (Å²) in [5.74, 6) is 0.901. The third kappa shape index (κ3) is 6.71. The molecule has 0 bridgehead atoms. The molecule has 0 aliphatic carbocycles. The number of para-hydroxylation sites is 1. The molecule has 2 N–H and O–H groups in total. The summed E-state index contributed by atoms with van der Waals surface area (Å²) < 4.78 is 16.5. The second kappa shape index (κ2) is 11.6. The molecule has 0 saturated carbocycles. The molecule has 0 spiro atoms. The van der Waals surface area contributed by atoms with Gasteiger partial charge in [0.2, 0.25) is 0 Å². The van der Waals surface area contributed by atoms with Crippen LogP contribution in [0.4, 0.5) is 0 Å². The molecule has 2 aromatic carbocycles. The summed E-state index contributed by atoms with van der Waals surface area (Å²) in [5.41, 5.74) is 2.28. The van der Waals surface area contributed by atoms with Crippen LogP contribution in [0.15, 0.2) is 54.6 Å². The van der Waals surface area contributed by atoms with Crippen molar-refractivity contribution in [2.24, 2.45) is 0 Å². The molecule has 0 aromatic heterocycles. The molecular formula is C20H28NO3+. The van der Waals surface area contributed by atoms with Gasteiger partial charge in [-0.2, -0.15) is 0 Å². The average Bonchev–Trinajstić information content (AvgIpc) is 2.64. The Balaban J connectivity index is 1.65. The molecule has 0 aliphatic heterocycles. The van der Waals surface area contributed by atoms with Crippen LogP contribution in [0, 0.1) is 0 Å². The van der Waals surface area contributed by atoms with Gasteiger partial charge in [-0.05, 0) is 11.6 Å². The average molecular weight is 330 g/mol. The van der Waals surface area contributed by atoms with Crippen LogP contribution in [-0.4, -0.2) is 46.6 Å². The standard InChI is InChI=1S/C20H27NO3/c1-22-14-7-12-21-13-15-23-16-17-24-20-11-6-5-10-19(20)18-8-3-2-4-9-18/h2-6,8-11,21H,7,12-17H2,1H3/p+1. The van der Waals surface area contributed by atoms with Gasteiger partial charge in [0, 0.05) is 19.1 Å². The van der Waals surface area contributed by atoms with E-state index >= 15 is 0 Å². The van der Waals surface area contributed by atoms with E-state index in [9.17, 15) is 0 Å². The van der Waals surface area contributed by atoms with Crippen LogP contribution in [0.3, 0.4) is 0 Å². The first kappa shape index (κ1) is 18.5. The highest BCUT2D eigenvalue weighted by Crippen LogP contribution is 2.29. The lowest BCUT2D eigenvalue weighted by Crippen LogP contribution is -2.85. The Labute approximate surface area is 144 Å². The number of methoxy groups -OCH3 is 1. The predicted octanol–water partition coefficient (Wildman–Crippen LogP) is 2.35. The molecule has 0 amide bonds. The van der Waals surface area contributed by atoms with E-state index in [1.165, 1.54) is 5.56 Å². The van der Waals surface area contributed by atoms with Crippen molar-refractivity contribution in [3.05, 3.63) is 54.6 Å². The van der Waals surface area contributed by atoms with Gasteiger partial charge >= 0.3 is 0 Å². The fourth-order valence-corrected chi connectivity index (χ4v) is 2.44. The van der Waals surface area contributed by atoms with Crippen LogP contribution in [0.25, 0.3) is 11.1 Å². The van der Waals surface area contributed by atoms with E-state index in [0.717, 1.165) is 44.0 Å². The van der Waals surface area contributed by atoms with E-state index in [1.54, 1.807) is 7.11 Å². The molecule has 0 saturated heterocycles. The third-order valence-corrected chi connectivity index (χ3v) is 3.68. The number of nitrogens with two attached hydrogens (primary N) is 1. The summed E-state index contributed by atoms with van der Waals surface area (Å²) in [5, 5.41) is 2.25. The first-order valence-corrected chi connectivity index (χ1v) is 8.57. The molecule has 0 unspecified atom stereocenters. The van der Waals surface area contributed by atoms with E-state index < -0.39 is 0 Å². The maximum Gasteiger partial charge on any atom is 0.127 e. The molecule has 0 atom stereocenters. The van der Waals surface area contributed by atoms with Crippen molar-refractivity contribution in [2.75, 3.05) is 46.6 Å². The second-order valence-electron chi connectivity index (χ2n) is 5.54. The normalized spacial score (nSPS) is 10.7. The Bertz CT molecular complexity index is 560. The fourth-order valence-electron chi connectivity index (χ4n) is 2.44. The predicted molar refractivity (Wildman–Crippen MR) is 96.3 cm³/mol. The zero-order valence-corrected chi connectivity index (χ0v) is 14.4. The summed E-state index contributed by atoms with van der Waals surface area (Å²) in [6.45, 7) is 4.80. The van der Waals surface area contributed by atoms with Crippen LogP contribution in [-0.2, 0) is 9.47 Å². The largest absolute Gasteiger partial charge is 0.491 e. The maximum absolute atomic E-state index is 5.90. The highest BCUT2D eigenvalue weighted by atomic mass is 16.5. The molecule has 4 heteroatoms.